The number of hydrogen-bond donors (Lipinski definition) is 2. The fourth-order valence-corrected chi connectivity index (χ4v) is 1.65. The number of carboxylic acids is 1. The molecule has 1 aliphatic rings. The van der Waals surface area contributed by atoms with E-state index in [0.29, 0.717) is 12.8 Å². The van der Waals surface area contributed by atoms with Gasteiger partial charge in [-0.05, 0) is 26.0 Å². The van der Waals surface area contributed by atoms with Crippen LogP contribution in [0.5, 0.6) is 0 Å². The number of thioether (sulfide) groups is 1. The van der Waals surface area contributed by atoms with E-state index >= 15 is 0 Å². The predicted octanol–water partition coefficient (Wildman–Crippen LogP) is 0.717. The summed E-state index contributed by atoms with van der Waals surface area (Å²) < 4.78 is 0. The van der Waals surface area contributed by atoms with Crippen molar-refractivity contribution in [3.63, 3.8) is 0 Å². The summed E-state index contributed by atoms with van der Waals surface area (Å²) >= 11 is 1.49. The van der Waals surface area contributed by atoms with Gasteiger partial charge in [0.25, 0.3) is 0 Å². The number of rotatable bonds is 4. The molecule has 80 valence electrons. The van der Waals surface area contributed by atoms with E-state index in [4.69, 9.17) is 5.11 Å². The molecule has 0 aliphatic heterocycles. The maximum Gasteiger partial charge on any atom is 0.306 e. The minimum Gasteiger partial charge on any atom is -0.481 e. The molecular weight excluding hydrogens is 202 g/mol. The van der Waals surface area contributed by atoms with Crippen LogP contribution in [0.15, 0.2) is 0 Å². The lowest BCUT2D eigenvalue weighted by Gasteiger charge is -2.33. The highest BCUT2D eigenvalue weighted by Gasteiger charge is 2.35. The van der Waals surface area contributed by atoms with Crippen LogP contribution in [0.2, 0.25) is 0 Å². The first-order valence-corrected chi connectivity index (χ1v) is 5.89. The monoisotopic (exact) mass is 217 g/mol. The molecule has 2 N–H and O–H groups in total. The van der Waals surface area contributed by atoms with Crippen molar-refractivity contribution in [3.8, 4) is 0 Å². The highest BCUT2D eigenvalue weighted by Crippen LogP contribution is 2.27. The summed E-state index contributed by atoms with van der Waals surface area (Å²) in [5.74, 6) is -1.01. The van der Waals surface area contributed by atoms with Crippen molar-refractivity contribution in [3.05, 3.63) is 0 Å². The summed E-state index contributed by atoms with van der Waals surface area (Å²) in [7, 11) is 0. The Hall–Kier alpha value is -0.710. The third-order valence-corrected chi connectivity index (χ3v) is 3.48. The topological polar surface area (TPSA) is 66.4 Å². The van der Waals surface area contributed by atoms with E-state index in [9.17, 15) is 9.59 Å². The van der Waals surface area contributed by atoms with Crippen LogP contribution < -0.4 is 5.32 Å². The van der Waals surface area contributed by atoms with Gasteiger partial charge in [0.05, 0.1) is 11.2 Å². The van der Waals surface area contributed by atoms with Crippen LogP contribution in [-0.4, -0.2) is 34.5 Å². The molecule has 1 aliphatic carbocycles. The van der Waals surface area contributed by atoms with Gasteiger partial charge in [-0.1, -0.05) is 0 Å². The zero-order valence-electron chi connectivity index (χ0n) is 8.32. The van der Waals surface area contributed by atoms with Gasteiger partial charge in [-0.25, -0.2) is 0 Å². The summed E-state index contributed by atoms with van der Waals surface area (Å²) in [6, 6.07) is 0.0678. The molecule has 1 atom stereocenters. The lowest BCUT2D eigenvalue weighted by molar-refractivity contribution is -0.146. The SMILES string of the molecule is CSC(C)C(=O)NC1CC(C(=O)O)C1. The largest absolute Gasteiger partial charge is 0.481 e. The Kier molecular flexibility index (Phi) is 3.80. The molecule has 4 nitrogen and oxygen atoms in total. The normalized spacial score (nSPS) is 27.6. The highest BCUT2D eigenvalue weighted by atomic mass is 32.2. The standard InChI is InChI=1S/C9H15NO3S/c1-5(14-2)8(11)10-7-3-6(4-7)9(12)13/h5-7H,3-4H2,1-2H3,(H,10,11)(H,12,13). The molecule has 1 fully saturated rings. The first-order chi connectivity index (χ1) is 6.54. The van der Waals surface area contributed by atoms with E-state index in [-0.39, 0.29) is 23.1 Å². The molecule has 0 aromatic heterocycles. The maximum absolute atomic E-state index is 11.4. The van der Waals surface area contributed by atoms with Crippen LogP contribution in [0, 0.1) is 5.92 Å². The minimum absolute atomic E-state index is 0.00587. The average Bonchev–Trinajstić information content (AvgIpc) is 2.07. The average molecular weight is 217 g/mol. The van der Waals surface area contributed by atoms with Gasteiger partial charge in [0.1, 0.15) is 0 Å². The number of carboxylic acid groups (broad SMARTS) is 1. The molecular formula is C9H15NO3S. The van der Waals surface area contributed by atoms with Crippen molar-refractivity contribution in [2.24, 2.45) is 5.92 Å². The smallest absolute Gasteiger partial charge is 0.306 e. The number of aliphatic carboxylic acids is 1. The van der Waals surface area contributed by atoms with Gasteiger partial charge in [0.15, 0.2) is 0 Å². The van der Waals surface area contributed by atoms with Crippen LogP contribution in [-0.2, 0) is 9.59 Å². The Labute approximate surface area is 87.4 Å². The number of amides is 1. The highest BCUT2D eigenvalue weighted by molar-refractivity contribution is 7.99. The van der Waals surface area contributed by atoms with Crippen LogP contribution in [0.4, 0.5) is 0 Å². The molecule has 0 saturated heterocycles. The molecule has 14 heavy (non-hydrogen) atoms. The van der Waals surface area contributed by atoms with E-state index in [1.54, 1.807) is 0 Å². The third-order valence-electron chi connectivity index (χ3n) is 2.56. The molecule has 1 rings (SSSR count). The number of carbonyl (C=O) groups excluding carboxylic acids is 1. The second-order valence-electron chi connectivity index (χ2n) is 3.59. The first kappa shape index (κ1) is 11.4. The zero-order chi connectivity index (χ0) is 10.7. The molecule has 5 heteroatoms. The summed E-state index contributed by atoms with van der Waals surface area (Å²) in [5, 5.41) is 11.4. The quantitative estimate of drug-likeness (QED) is 0.728. The summed E-state index contributed by atoms with van der Waals surface area (Å²) in [5.41, 5.74) is 0. The molecule has 0 spiro atoms. The van der Waals surface area contributed by atoms with Crippen molar-refractivity contribution in [2.45, 2.75) is 31.1 Å². The van der Waals surface area contributed by atoms with E-state index in [1.807, 2.05) is 13.2 Å². The van der Waals surface area contributed by atoms with Gasteiger partial charge in [0.2, 0.25) is 5.91 Å². The maximum atomic E-state index is 11.4. The van der Waals surface area contributed by atoms with E-state index in [2.05, 4.69) is 5.32 Å². The number of nitrogens with one attached hydrogen (secondary N) is 1. The number of carbonyl (C=O) groups is 2. The van der Waals surface area contributed by atoms with Gasteiger partial charge in [-0.3, -0.25) is 9.59 Å². The van der Waals surface area contributed by atoms with Crippen LogP contribution >= 0.6 is 11.8 Å². The molecule has 0 radical (unpaired) electrons. The number of hydrogen-bond acceptors (Lipinski definition) is 3. The molecule has 1 saturated carbocycles. The first-order valence-electron chi connectivity index (χ1n) is 4.60. The molecule has 0 aromatic carbocycles. The van der Waals surface area contributed by atoms with E-state index in [0.717, 1.165) is 0 Å². The van der Waals surface area contributed by atoms with Gasteiger partial charge in [0, 0.05) is 6.04 Å². The van der Waals surface area contributed by atoms with Crippen LogP contribution in [0.25, 0.3) is 0 Å². The van der Waals surface area contributed by atoms with Gasteiger partial charge < -0.3 is 10.4 Å². The lowest BCUT2D eigenvalue weighted by atomic mass is 9.80. The Morgan fingerprint density at radius 3 is 2.50 bits per heavy atom. The Morgan fingerprint density at radius 1 is 1.50 bits per heavy atom. The van der Waals surface area contributed by atoms with Gasteiger partial charge >= 0.3 is 5.97 Å². The second-order valence-corrected chi connectivity index (χ2v) is 4.77. The van der Waals surface area contributed by atoms with Crippen LogP contribution in [0.3, 0.4) is 0 Å². The minimum atomic E-state index is -0.756. The Balaban J connectivity index is 2.23. The van der Waals surface area contributed by atoms with Crippen molar-refractivity contribution in [1.82, 2.24) is 5.32 Å². The van der Waals surface area contributed by atoms with Crippen LogP contribution in [0.1, 0.15) is 19.8 Å². The summed E-state index contributed by atoms with van der Waals surface area (Å²) in [6.07, 6.45) is 3.02. The summed E-state index contributed by atoms with van der Waals surface area (Å²) in [6.45, 7) is 1.84. The van der Waals surface area contributed by atoms with Crippen molar-refractivity contribution >= 4 is 23.6 Å². The lowest BCUT2D eigenvalue weighted by Crippen LogP contribution is -2.48. The Bertz CT molecular complexity index is 238. The zero-order valence-corrected chi connectivity index (χ0v) is 9.13. The van der Waals surface area contributed by atoms with E-state index in [1.165, 1.54) is 11.8 Å². The van der Waals surface area contributed by atoms with Crippen molar-refractivity contribution in [2.75, 3.05) is 6.26 Å². The Morgan fingerprint density at radius 2 is 2.07 bits per heavy atom. The van der Waals surface area contributed by atoms with Crippen molar-refractivity contribution in [1.29, 1.82) is 0 Å². The molecule has 1 amide bonds. The fraction of sp³-hybridized carbons (Fsp3) is 0.778. The van der Waals surface area contributed by atoms with Gasteiger partial charge in [-0.15, -0.1) is 0 Å². The summed E-state index contributed by atoms with van der Waals surface area (Å²) in [4.78, 5) is 21.9. The molecule has 1 unspecified atom stereocenters. The fourth-order valence-electron chi connectivity index (χ4n) is 1.36. The third kappa shape index (κ3) is 2.64. The second kappa shape index (κ2) is 4.68. The predicted molar refractivity (Wildman–Crippen MR) is 55.3 cm³/mol. The molecule has 0 bridgehead atoms. The molecule has 0 heterocycles. The molecule has 0 aromatic rings. The van der Waals surface area contributed by atoms with Crippen molar-refractivity contribution < 1.29 is 14.7 Å². The van der Waals surface area contributed by atoms with E-state index < -0.39 is 5.97 Å². The van der Waals surface area contributed by atoms with Gasteiger partial charge in [-0.2, -0.15) is 11.8 Å².